The van der Waals surface area contributed by atoms with Crippen LogP contribution in [0.25, 0.3) is 0 Å². The Morgan fingerprint density at radius 1 is 1.44 bits per heavy atom. The molecule has 0 aliphatic rings. The fourth-order valence-electron chi connectivity index (χ4n) is 0.633. The molecule has 3 heteroatoms. The van der Waals surface area contributed by atoms with Crippen molar-refractivity contribution in [2.75, 3.05) is 0 Å². The Labute approximate surface area is 53.6 Å². The van der Waals surface area contributed by atoms with Crippen molar-refractivity contribution in [3.05, 3.63) is 23.7 Å². The lowest BCUT2D eigenvalue weighted by Gasteiger charge is -1.97. The van der Waals surface area contributed by atoms with Crippen molar-refractivity contribution < 1.29 is 4.42 Å². The van der Waals surface area contributed by atoms with Crippen molar-refractivity contribution in [3.63, 3.8) is 0 Å². The van der Waals surface area contributed by atoms with Crippen LogP contribution in [0.4, 0.5) is 0 Å². The molecule has 0 saturated heterocycles. The zero-order valence-corrected chi connectivity index (χ0v) is 5.29. The molecule has 50 valence electrons. The summed E-state index contributed by atoms with van der Waals surface area (Å²) in [5.41, 5.74) is 10.6. The fourth-order valence-corrected chi connectivity index (χ4v) is 0.633. The minimum absolute atomic E-state index is 0.487. The Morgan fingerprint density at radius 3 is 2.33 bits per heavy atom. The van der Waals surface area contributed by atoms with Gasteiger partial charge in [-0.15, -0.1) is 0 Å². The van der Waals surface area contributed by atoms with E-state index in [2.05, 4.69) is 0 Å². The Hall–Kier alpha value is -0.800. The van der Waals surface area contributed by atoms with Crippen molar-refractivity contribution in [1.29, 1.82) is 0 Å². The molecule has 0 saturated carbocycles. The van der Waals surface area contributed by atoms with E-state index in [9.17, 15) is 0 Å². The number of furan rings is 1. The minimum Gasteiger partial charge on any atom is -0.463 e. The predicted molar refractivity (Wildman–Crippen MR) is 34.6 cm³/mol. The van der Waals surface area contributed by atoms with Crippen molar-refractivity contribution >= 4 is 0 Å². The van der Waals surface area contributed by atoms with E-state index in [1.165, 1.54) is 0 Å². The molecule has 9 heavy (non-hydrogen) atoms. The molecule has 1 aromatic rings. The Kier molecular flexibility index (Phi) is 1.55. The molecule has 0 fully saturated rings. The van der Waals surface area contributed by atoms with E-state index in [0.717, 1.165) is 5.76 Å². The third-order valence-corrected chi connectivity index (χ3v) is 1.09. The Bertz CT molecular complexity index is 193. The van der Waals surface area contributed by atoms with Gasteiger partial charge in [-0.2, -0.15) is 0 Å². The van der Waals surface area contributed by atoms with E-state index in [1.807, 2.05) is 13.0 Å². The van der Waals surface area contributed by atoms with Crippen LogP contribution in [0.2, 0.25) is 0 Å². The highest BCUT2D eigenvalue weighted by molar-refractivity contribution is 5.07. The molecule has 0 atom stereocenters. The van der Waals surface area contributed by atoms with E-state index in [0.29, 0.717) is 5.76 Å². The smallest absolute Gasteiger partial charge is 0.135 e. The maximum Gasteiger partial charge on any atom is 0.135 e. The van der Waals surface area contributed by atoms with Crippen LogP contribution < -0.4 is 11.5 Å². The van der Waals surface area contributed by atoms with Gasteiger partial charge in [0.05, 0.1) is 0 Å². The molecule has 0 bridgehead atoms. The van der Waals surface area contributed by atoms with Crippen molar-refractivity contribution in [3.8, 4) is 0 Å². The lowest BCUT2D eigenvalue weighted by molar-refractivity contribution is 0.451. The van der Waals surface area contributed by atoms with Gasteiger partial charge in [-0.1, -0.05) is 0 Å². The Morgan fingerprint density at radius 2 is 2.11 bits per heavy atom. The zero-order chi connectivity index (χ0) is 6.85. The van der Waals surface area contributed by atoms with Crippen molar-refractivity contribution in [2.45, 2.75) is 13.1 Å². The number of nitrogens with two attached hydrogens (primary N) is 2. The molecule has 0 aliphatic heterocycles. The van der Waals surface area contributed by atoms with Crippen molar-refractivity contribution in [2.24, 2.45) is 11.5 Å². The molecule has 0 amide bonds. The topological polar surface area (TPSA) is 65.2 Å². The maximum absolute atomic E-state index is 5.31. The number of aryl methyl sites for hydroxylation is 1. The second-order valence-electron chi connectivity index (χ2n) is 1.97. The van der Waals surface area contributed by atoms with Gasteiger partial charge >= 0.3 is 0 Å². The highest BCUT2D eigenvalue weighted by atomic mass is 16.3. The second-order valence-corrected chi connectivity index (χ2v) is 1.97. The summed E-state index contributed by atoms with van der Waals surface area (Å²) >= 11 is 0. The molecule has 4 N–H and O–H groups in total. The van der Waals surface area contributed by atoms with E-state index in [4.69, 9.17) is 15.9 Å². The van der Waals surface area contributed by atoms with Crippen LogP contribution >= 0.6 is 0 Å². The highest BCUT2D eigenvalue weighted by Crippen LogP contribution is 2.08. The first-order valence-electron chi connectivity index (χ1n) is 2.77. The average molecular weight is 126 g/mol. The molecule has 1 rings (SSSR count). The Balaban J connectivity index is 2.85. The first-order valence-corrected chi connectivity index (χ1v) is 2.77. The molecule has 0 spiro atoms. The van der Waals surface area contributed by atoms with Gasteiger partial charge in [0.1, 0.15) is 17.7 Å². The van der Waals surface area contributed by atoms with E-state index < -0.39 is 6.17 Å². The summed E-state index contributed by atoms with van der Waals surface area (Å²) in [6.07, 6.45) is -0.487. The minimum atomic E-state index is -0.487. The maximum atomic E-state index is 5.31. The third-order valence-electron chi connectivity index (χ3n) is 1.09. The first kappa shape index (κ1) is 6.32. The monoisotopic (exact) mass is 126 g/mol. The molecular weight excluding hydrogens is 116 g/mol. The molecule has 0 aliphatic carbocycles. The second kappa shape index (κ2) is 2.21. The summed E-state index contributed by atoms with van der Waals surface area (Å²) < 4.78 is 5.09. The van der Waals surface area contributed by atoms with Crippen molar-refractivity contribution in [1.82, 2.24) is 0 Å². The summed E-state index contributed by atoms with van der Waals surface area (Å²) in [6.45, 7) is 1.85. The predicted octanol–water partition coefficient (Wildman–Crippen LogP) is 0.504. The summed E-state index contributed by atoms with van der Waals surface area (Å²) in [7, 11) is 0. The third kappa shape index (κ3) is 1.31. The average Bonchev–Trinajstić information content (AvgIpc) is 2.14. The molecule has 0 aromatic carbocycles. The summed E-state index contributed by atoms with van der Waals surface area (Å²) in [5.74, 6) is 1.47. The first-order chi connectivity index (χ1) is 4.20. The summed E-state index contributed by atoms with van der Waals surface area (Å²) in [4.78, 5) is 0. The molecule has 3 nitrogen and oxygen atoms in total. The van der Waals surface area contributed by atoms with Crippen LogP contribution in [-0.2, 0) is 0 Å². The molecule has 1 heterocycles. The van der Waals surface area contributed by atoms with Gasteiger partial charge in [0.2, 0.25) is 0 Å². The van der Waals surface area contributed by atoms with Gasteiger partial charge in [-0.25, -0.2) is 0 Å². The van der Waals surface area contributed by atoms with E-state index in [-0.39, 0.29) is 0 Å². The van der Waals surface area contributed by atoms with Gasteiger partial charge < -0.3 is 15.9 Å². The largest absolute Gasteiger partial charge is 0.463 e. The van der Waals surface area contributed by atoms with Crippen LogP contribution in [0.5, 0.6) is 0 Å². The fraction of sp³-hybridized carbons (Fsp3) is 0.333. The molecule has 0 radical (unpaired) electrons. The highest BCUT2D eigenvalue weighted by Gasteiger charge is 2.01. The lowest BCUT2D eigenvalue weighted by Crippen LogP contribution is -2.18. The normalized spacial score (nSPS) is 10.7. The van der Waals surface area contributed by atoms with E-state index in [1.54, 1.807) is 6.07 Å². The molecular formula is C6H10N2O. The molecule has 0 unspecified atom stereocenters. The van der Waals surface area contributed by atoms with Crippen LogP contribution in [0, 0.1) is 6.92 Å². The molecule has 1 aromatic heterocycles. The standard InChI is InChI=1S/C6H10N2O/c1-4-2-3-5(9-4)6(7)8/h2-3,6H,7-8H2,1H3. The van der Waals surface area contributed by atoms with Gasteiger partial charge in [0.15, 0.2) is 0 Å². The lowest BCUT2D eigenvalue weighted by atomic mass is 10.4. The SMILES string of the molecule is Cc1ccc(C(N)N)o1. The van der Waals surface area contributed by atoms with Gasteiger partial charge in [-0.3, -0.25) is 0 Å². The van der Waals surface area contributed by atoms with E-state index >= 15 is 0 Å². The van der Waals surface area contributed by atoms with Gasteiger partial charge in [-0.05, 0) is 19.1 Å². The number of hydrogen-bond acceptors (Lipinski definition) is 3. The summed E-state index contributed by atoms with van der Waals surface area (Å²) in [6, 6.07) is 3.61. The van der Waals surface area contributed by atoms with Gasteiger partial charge in [0, 0.05) is 0 Å². The van der Waals surface area contributed by atoms with Gasteiger partial charge in [0.25, 0.3) is 0 Å². The van der Waals surface area contributed by atoms with Crippen LogP contribution in [0.1, 0.15) is 17.7 Å². The summed E-state index contributed by atoms with van der Waals surface area (Å²) in [5, 5.41) is 0. The zero-order valence-electron chi connectivity index (χ0n) is 5.29. The quantitative estimate of drug-likeness (QED) is 0.538. The number of rotatable bonds is 1. The van der Waals surface area contributed by atoms with Crippen LogP contribution in [-0.4, -0.2) is 0 Å². The van der Waals surface area contributed by atoms with Crippen LogP contribution in [0.3, 0.4) is 0 Å². The van der Waals surface area contributed by atoms with Crippen LogP contribution in [0.15, 0.2) is 16.5 Å². The number of hydrogen-bond donors (Lipinski definition) is 2.